The van der Waals surface area contributed by atoms with E-state index in [0.717, 1.165) is 12.1 Å². The van der Waals surface area contributed by atoms with Crippen LogP contribution in [0, 0.1) is 5.92 Å². The Labute approximate surface area is 128 Å². The fourth-order valence-corrected chi connectivity index (χ4v) is 2.69. The Kier molecular flexibility index (Phi) is 6.85. The third-order valence-corrected chi connectivity index (χ3v) is 3.90. The molecule has 0 aliphatic rings. The van der Waals surface area contributed by atoms with Crippen molar-refractivity contribution in [3.8, 4) is 0 Å². The van der Waals surface area contributed by atoms with E-state index >= 15 is 0 Å². The van der Waals surface area contributed by atoms with Gasteiger partial charge in [-0.05, 0) is 33.5 Å². The summed E-state index contributed by atoms with van der Waals surface area (Å²) in [5.74, 6) is -0.0971. The molecule has 0 fully saturated rings. The third-order valence-electron chi connectivity index (χ3n) is 3.90. The van der Waals surface area contributed by atoms with Gasteiger partial charge in [-0.2, -0.15) is 0 Å². The minimum absolute atomic E-state index is 0.128. The first-order valence-corrected chi connectivity index (χ1v) is 7.64. The maximum atomic E-state index is 12.7. The highest BCUT2D eigenvalue weighted by molar-refractivity contribution is 5.79. The van der Waals surface area contributed by atoms with Crippen molar-refractivity contribution < 1.29 is 4.79 Å². The first kappa shape index (κ1) is 17.7. The molecule has 3 atom stereocenters. The zero-order chi connectivity index (χ0) is 16.0. The van der Waals surface area contributed by atoms with E-state index in [2.05, 4.69) is 11.8 Å². The normalized spacial score (nSPS) is 15.6. The second-order valence-corrected chi connectivity index (χ2v) is 5.96. The minimum atomic E-state index is -0.265. The van der Waals surface area contributed by atoms with Crippen LogP contribution in [0.25, 0.3) is 0 Å². The molecule has 21 heavy (non-hydrogen) atoms. The SMILES string of the molecule is CCN(C(=O)C(C)C(N)c1ccccc1)C(C)CN(C)C. The van der Waals surface area contributed by atoms with E-state index in [1.54, 1.807) is 0 Å². The number of amides is 1. The molecule has 0 aromatic heterocycles. The van der Waals surface area contributed by atoms with E-state index in [9.17, 15) is 4.79 Å². The number of hydrogen-bond donors (Lipinski definition) is 1. The van der Waals surface area contributed by atoms with Crippen LogP contribution in [0.1, 0.15) is 32.4 Å². The fourth-order valence-electron chi connectivity index (χ4n) is 2.69. The van der Waals surface area contributed by atoms with Gasteiger partial charge in [-0.1, -0.05) is 37.3 Å². The largest absolute Gasteiger partial charge is 0.339 e. The van der Waals surface area contributed by atoms with Crippen molar-refractivity contribution in [1.29, 1.82) is 0 Å². The Morgan fingerprint density at radius 2 is 1.76 bits per heavy atom. The summed E-state index contributed by atoms with van der Waals surface area (Å²) in [4.78, 5) is 16.8. The van der Waals surface area contributed by atoms with E-state index in [0.29, 0.717) is 6.54 Å². The van der Waals surface area contributed by atoms with Gasteiger partial charge in [-0.25, -0.2) is 0 Å². The quantitative estimate of drug-likeness (QED) is 0.837. The molecular weight excluding hydrogens is 262 g/mol. The van der Waals surface area contributed by atoms with Crippen molar-refractivity contribution in [2.45, 2.75) is 32.9 Å². The van der Waals surface area contributed by atoms with Gasteiger partial charge in [0.25, 0.3) is 0 Å². The van der Waals surface area contributed by atoms with Crippen LogP contribution in [0.2, 0.25) is 0 Å². The molecule has 1 aromatic rings. The van der Waals surface area contributed by atoms with E-state index < -0.39 is 0 Å². The van der Waals surface area contributed by atoms with Crippen molar-refractivity contribution in [2.24, 2.45) is 11.7 Å². The molecule has 2 N–H and O–H groups in total. The summed E-state index contributed by atoms with van der Waals surface area (Å²) in [6.07, 6.45) is 0. The van der Waals surface area contributed by atoms with E-state index in [1.165, 1.54) is 0 Å². The molecule has 4 heteroatoms. The zero-order valence-electron chi connectivity index (χ0n) is 13.9. The van der Waals surface area contributed by atoms with Crippen LogP contribution in [0.4, 0.5) is 0 Å². The van der Waals surface area contributed by atoms with E-state index in [-0.39, 0.29) is 23.9 Å². The van der Waals surface area contributed by atoms with Gasteiger partial charge in [-0.15, -0.1) is 0 Å². The molecule has 3 unspecified atom stereocenters. The Morgan fingerprint density at radius 3 is 2.24 bits per heavy atom. The number of benzene rings is 1. The fraction of sp³-hybridized carbons (Fsp3) is 0.588. The monoisotopic (exact) mass is 291 g/mol. The summed E-state index contributed by atoms with van der Waals surface area (Å²) in [6, 6.07) is 9.75. The van der Waals surface area contributed by atoms with Crippen LogP contribution >= 0.6 is 0 Å². The number of nitrogens with two attached hydrogens (primary N) is 1. The minimum Gasteiger partial charge on any atom is -0.339 e. The van der Waals surface area contributed by atoms with E-state index in [1.807, 2.05) is 63.2 Å². The molecule has 0 aliphatic heterocycles. The predicted octanol–water partition coefficient (Wildman–Crippen LogP) is 2.12. The van der Waals surface area contributed by atoms with Crippen LogP contribution in [0.15, 0.2) is 30.3 Å². The van der Waals surface area contributed by atoms with Gasteiger partial charge in [0.15, 0.2) is 0 Å². The molecule has 0 spiro atoms. The second-order valence-electron chi connectivity index (χ2n) is 5.96. The summed E-state index contributed by atoms with van der Waals surface area (Å²) in [6.45, 7) is 7.59. The maximum absolute atomic E-state index is 12.7. The number of likely N-dealkylation sites (N-methyl/N-ethyl adjacent to an activating group) is 2. The molecule has 0 heterocycles. The topological polar surface area (TPSA) is 49.6 Å². The van der Waals surface area contributed by atoms with Crippen molar-refractivity contribution >= 4 is 5.91 Å². The average molecular weight is 291 g/mol. The predicted molar refractivity (Wildman–Crippen MR) is 87.9 cm³/mol. The lowest BCUT2D eigenvalue weighted by molar-refractivity contribution is -0.137. The number of carbonyl (C=O) groups excluding carboxylic acids is 1. The molecule has 1 aromatic carbocycles. The summed E-state index contributed by atoms with van der Waals surface area (Å²) in [7, 11) is 4.04. The maximum Gasteiger partial charge on any atom is 0.227 e. The molecule has 1 rings (SSSR count). The van der Waals surface area contributed by atoms with Crippen LogP contribution in [0.3, 0.4) is 0 Å². The van der Waals surface area contributed by atoms with Gasteiger partial charge < -0.3 is 15.5 Å². The lowest BCUT2D eigenvalue weighted by Crippen LogP contribution is -2.47. The van der Waals surface area contributed by atoms with Crippen LogP contribution in [-0.4, -0.2) is 48.9 Å². The first-order chi connectivity index (χ1) is 9.88. The highest BCUT2D eigenvalue weighted by Gasteiger charge is 2.28. The van der Waals surface area contributed by atoms with Crippen LogP contribution < -0.4 is 5.73 Å². The molecule has 0 saturated heterocycles. The summed E-state index contributed by atoms with van der Waals surface area (Å²) in [5.41, 5.74) is 7.28. The molecular formula is C17H29N3O. The molecule has 0 aliphatic carbocycles. The van der Waals surface area contributed by atoms with Crippen LogP contribution in [0.5, 0.6) is 0 Å². The highest BCUT2D eigenvalue weighted by Crippen LogP contribution is 2.22. The van der Waals surface area contributed by atoms with Crippen molar-refractivity contribution in [3.05, 3.63) is 35.9 Å². The molecule has 4 nitrogen and oxygen atoms in total. The Morgan fingerprint density at radius 1 is 1.19 bits per heavy atom. The lowest BCUT2D eigenvalue weighted by Gasteiger charge is -2.33. The highest BCUT2D eigenvalue weighted by atomic mass is 16.2. The van der Waals surface area contributed by atoms with E-state index in [4.69, 9.17) is 5.73 Å². The number of carbonyl (C=O) groups is 1. The van der Waals surface area contributed by atoms with Gasteiger partial charge in [0, 0.05) is 25.2 Å². The van der Waals surface area contributed by atoms with Crippen molar-refractivity contribution in [2.75, 3.05) is 27.2 Å². The van der Waals surface area contributed by atoms with Crippen LogP contribution in [-0.2, 0) is 4.79 Å². The second kappa shape index (κ2) is 8.15. The van der Waals surface area contributed by atoms with Crippen molar-refractivity contribution in [1.82, 2.24) is 9.80 Å². The summed E-state index contributed by atoms with van der Waals surface area (Å²) < 4.78 is 0. The average Bonchev–Trinajstić information content (AvgIpc) is 2.46. The third kappa shape index (κ3) is 4.83. The molecule has 0 saturated carbocycles. The van der Waals surface area contributed by atoms with Gasteiger partial charge in [0.1, 0.15) is 0 Å². The Hall–Kier alpha value is -1.39. The number of rotatable bonds is 7. The Bertz CT molecular complexity index is 433. The number of nitrogens with zero attached hydrogens (tertiary/aromatic N) is 2. The number of hydrogen-bond acceptors (Lipinski definition) is 3. The smallest absolute Gasteiger partial charge is 0.227 e. The van der Waals surface area contributed by atoms with Gasteiger partial charge in [0.2, 0.25) is 5.91 Å². The van der Waals surface area contributed by atoms with Gasteiger partial charge >= 0.3 is 0 Å². The standard InChI is InChI=1S/C17H29N3O/c1-6-20(13(2)12-19(4)5)17(21)14(3)16(18)15-10-8-7-9-11-15/h7-11,13-14,16H,6,12,18H2,1-5H3. The molecule has 1 amide bonds. The summed E-state index contributed by atoms with van der Waals surface area (Å²) >= 11 is 0. The summed E-state index contributed by atoms with van der Waals surface area (Å²) in [5, 5.41) is 0. The zero-order valence-corrected chi connectivity index (χ0v) is 13.9. The van der Waals surface area contributed by atoms with Crippen molar-refractivity contribution in [3.63, 3.8) is 0 Å². The molecule has 0 radical (unpaired) electrons. The Balaban J connectivity index is 2.79. The molecule has 0 bridgehead atoms. The van der Waals surface area contributed by atoms with Gasteiger partial charge in [-0.3, -0.25) is 4.79 Å². The molecule has 118 valence electrons. The lowest BCUT2D eigenvalue weighted by atomic mass is 9.93. The van der Waals surface area contributed by atoms with Gasteiger partial charge in [0.05, 0.1) is 5.92 Å². The first-order valence-electron chi connectivity index (χ1n) is 7.64.